The van der Waals surface area contributed by atoms with Crippen molar-refractivity contribution in [3.8, 4) is 34.1 Å². The molecule has 0 spiro atoms. The molecule has 2 N–H and O–H groups in total. The molecule has 0 atom stereocenters. The Kier molecular flexibility index (Phi) is 5.16. The molecule has 8 heteroatoms. The number of rotatable bonds is 5. The van der Waals surface area contributed by atoms with Gasteiger partial charge in [0.05, 0.1) is 12.8 Å². The first-order valence-corrected chi connectivity index (χ1v) is 9.19. The van der Waals surface area contributed by atoms with E-state index < -0.39 is 11.7 Å². The van der Waals surface area contributed by atoms with Crippen LogP contribution in [0.5, 0.6) is 5.75 Å². The van der Waals surface area contributed by atoms with Crippen LogP contribution in [0.3, 0.4) is 0 Å². The van der Waals surface area contributed by atoms with Gasteiger partial charge in [0.25, 0.3) is 0 Å². The molecule has 0 aliphatic rings. The van der Waals surface area contributed by atoms with Crippen LogP contribution in [-0.2, 0) is 4.79 Å². The van der Waals surface area contributed by atoms with E-state index in [-0.39, 0.29) is 11.4 Å². The van der Waals surface area contributed by atoms with Crippen LogP contribution in [0.15, 0.2) is 61.6 Å². The van der Waals surface area contributed by atoms with Crippen molar-refractivity contribution in [3.63, 3.8) is 0 Å². The molecule has 0 unspecified atom stereocenters. The molecular weight excluding hydrogens is 397 g/mol. The number of carbonyl (C=O) groups excluding carboxylic acids is 1. The Bertz CT molecular complexity index is 1370. The van der Waals surface area contributed by atoms with Crippen molar-refractivity contribution < 1.29 is 13.9 Å². The molecule has 3 aromatic heterocycles. The first kappa shape index (κ1) is 19.8. The number of methoxy groups -OCH3 is 1. The van der Waals surface area contributed by atoms with Crippen LogP contribution in [0.1, 0.15) is 5.69 Å². The number of H-pyrrole nitrogens is 1. The predicted molar refractivity (Wildman–Crippen MR) is 115 cm³/mol. The molecule has 0 aliphatic heterocycles. The molecule has 4 rings (SSSR count). The first-order chi connectivity index (χ1) is 15.0. The average Bonchev–Trinajstić information content (AvgIpc) is 3.23. The number of halogens is 1. The summed E-state index contributed by atoms with van der Waals surface area (Å²) in [7, 11) is 1.35. The summed E-state index contributed by atoms with van der Waals surface area (Å²) < 4.78 is 19.7. The van der Waals surface area contributed by atoms with E-state index in [0.29, 0.717) is 22.5 Å². The van der Waals surface area contributed by atoms with Gasteiger partial charge in [-0.05, 0) is 47.5 Å². The SMILES string of the molecule is C=CC(=O)Nc1cc(-c2cnc3[nH]cc(-c4ccnc(C#N)c4)c3c2)cc(OC)c1F. The Morgan fingerprint density at radius 3 is 2.84 bits per heavy atom. The lowest BCUT2D eigenvalue weighted by Gasteiger charge is -2.12. The van der Waals surface area contributed by atoms with E-state index in [1.807, 2.05) is 12.1 Å². The summed E-state index contributed by atoms with van der Waals surface area (Å²) >= 11 is 0. The Morgan fingerprint density at radius 1 is 1.26 bits per heavy atom. The maximum Gasteiger partial charge on any atom is 0.247 e. The lowest BCUT2D eigenvalue weighted by Crippen LogP contribution is -2.09. The van der Waals surface area contributed by atoms with Gasteiger partial charge in [-0.1, -0.05) is 6.58 Å². The topological polar surface area (TPSA) is 104 Å². The molecule has 0 aliphatic carbocycles. The van der Waals surface area contributed by atoms with E-state index in [9.17, 15) is 9.18 Å². The minimum absolute atomic E-state index is 0.0148. The highest BCUT2D eigenvalue weighted by molar-refractivity contribution is 6.00. The third-order valence-electron chi connectivity index (χ3n) is 4.75. The van der Waals surface area contributed by atoms with E-state index >= 15 is 0 Å². The maximum absolute atomic E-state index is 14.6. The van der Waals surface area contributed by atoms with Crippen molar-refractivity contribution in [2.24, 2.45) is 0 Å². The van der Waals surface area contributed by atoms with Gasteiger partial charge in [0.1, 0.15) is 17.4 Å². The fourth-order valence-corrected chi connectivity index (χ4v) is 3.25. The number of hydrogen-bond acceptors (Lipinski definition) is 5. The van der Waals surface area contributed by atoms with Gasteiger partial charge in [-0.15, -0.1) is 0 Å². The summed E-state index contributed by atoms with van der Waals surface area (Å²) in [6.07, 6.45) is 6.08. The molecule has 0 saturated heterocycles. The highest BCUT2D eigenvalue weighted by atomic mass is 19.1. The molecule has 0 saturated carbocycles. The number of benzene rings is 1. The average molecular weight is 413 g/mol. The number of aromatic nitrogens is 3. The van der Waals surface area contributed by atoms with Crippen LogP contribution in [0.4, 0.5) is 10.1 Å². The Balaban J connectivity index is 1.85. The number of pyridine rings is 2. The van der Waals surface area contributed by atoms with Crippen LogP contribution >= 0.6 is 0 Å². The van der Waals surface area contributed by atoms with Gasteiger partial charge in [-0.25, -0.2) is 14.4 Å². The van der Waals surface area contributed by atoms with Crippen molar-refractivity contribution in [2.45, 2.75) is 0 Å². The minimum atomic E-state index is -0.682. The molecule has 3 heterocycles. The molecule has 0 bridgehead atoms. The normalized spacial score (nSPS) is 10.5. The van der Waals surface area contributed by atoms with Gasteiger partial charge in [0.15, 0.2) is 11.6 Å². The van der Waals surface area contributed by atoms with Crippen LogP contribution < -0.4 is 10.1 Å². The van der Waals surface area contributed by atoms with Gasteiger partial charge in [0, 0.05) is 35.1 Å². The first-order valence-electron chi connectivity index (χ1n) is 9.19. The largest absolute Gasteiger partial charge is 0.494 e. The number of aromatic amines is 1. The van der Waals surface area contributed by atoms with E-state index in [4.69, 9.17) is 10.00 Å². The summed E-state index contributed by atoms with van der Waals surface area (Å²) in [5.41, 5.74) is 3.89. The third kappa shape index (κ3) is 3.72. The summed E-state index contributed by atoms with van der Waals surface area (Å²) in [6, 6.07) is 10.5. The van der Waals surface area contributed by atoms with Gasteiger partial charge in [-0.3, -0.25) is 4.79 Å². The summed E-state index contributed by atoms with van der Waals surface area (Å²) in [6.45, 7) is 3.38. The Morgan fingerprint density at radius 2 is 2.10 bits per heavy atom. The van der Waals surface area contributed by atoms with E-state index in [0.717, 1.165) is 22.6 Å². The van der Waals surface area contributed by atoms with E-state index in [1.54, 1.807) is 30.7 Å². The van der Waals surface area contributed by atoms with Gasteiger partial charge >= 0.3 is 0 Å². The third-order valence-corrected chi connectivity index (χ3v) is 4.75. The number of hydrogen-bond donors (Lipinski definition) is 2. The number of carbonyl (C=O) groups is 1. The summed E-state index contributed by atoms with van der Waals surface area (Å²) in [5.74, 6) is -1.23. The lowest BCUT2D eigenvalue weighted by atomic mass is 10.0. The van der Waals surface area contributed by atoms with Crippen molar-refractivity contribution in [3.05, 3.63) is 73.1 Å². The minimum Gasteiger partial charge on any atom is -0.494 e. The fourth-order valence-electron chi connectivity index (χ4n) is 3.25. The monoisotopic (exact) mass is 413 g/mol. The number of fused-ring (bicyclic) bond motifs is 1. The second kappa shape index (κ2) is 8.08. The van der Waals surface area contributed by atoms with Gasteiger partial charge < -0.3 is 15.0 Å². The fraction of sp³-hybridized carbons (Fsp3) is 0.0435. The second-order valence-corrected chi connectivity index (χ2v) is 6.60. The van der Waals surface area contributed by atoms with Crippen LogP contribution in [0.2, 0.25) is 0 Å². The molecule has 0 fully saturated rings. The molecule has 152 valence electrons. The smallest absolute Gasteiger partial charge is 0.247 e. The van der Waals surface area contributed by atoms with Crippen LogP contribution in [0.25, 0.3) is 33.3 Å². The number of nitrogens with zero attached hydrogens (tertiary/aromatic N) is 3. The number of nitriles is 1. The summed E-state index contributed by atoms with van der Waals surface area (Å²) in [4.78, 5) is 23.3. The zero-order chi connectivity index (χ0) is 22.0. The summed E-state index contributed by atoms with van der Waals surface area (Å²) in [5, 5.41) is 12.4. The number of nitrogens with one attached hydrogen (secondary N) is 2. The second-order valence-electron chi connectivity index (χ2n) is 6.60. The number of anilines is 1. The lowest BCUT2D eigenvalue weighted by molar-refractivity contribution is -0.111. The van der Waals surface area contributed by atoms with Gasteiger partial charge in [0.2, 0.25) is 5.91 Å². The van der Waals surface area contributed by atoms with Crippen molar-refractivity contribution >= 4 is 22.6 Å². The molecule has 0 radical (unpaired) electrons. The van der Waals surface area contributed by atoms with Crippen molar-refractivity contribution in [2.75, 3.05) is 12.4 Å². The zero-order valence-corrected chi connectivity index (χ0v) is 16.4. The maximum atomic E-state index is 14.6. The molecule has 1 amide bonds. The standard InChI is InChI=1S/C23H16FN5O2/c1-3-21(30)29-19-8-14(9-20(31-2)22(19)24)15-7-17-18(12-28-23(17)27-11-15)13-4-5-26-16(6-13)10-25/h3-9,11-12H,1H2,2H3,(H,27,28)(H,29,30). The van der Waals surface area contributed by atoms with Crippen LogP contribution in [0, 0.1) is 17.1 Å². The molecule has 31 heavy (non-hydrogen) atoms. The quantitative estimate of drug-likeness (QED) is 0.471. The zero-order valence-electron chi connectivity index (χ0n) is 16.4. The van der Waals surface area contributed by atoms with Crippen molar-refractivity contribution in [1.82, 2.24) is 15.0 Å². The van der Waals surface area contributed by atoms with Crippen LogP contribution in [-0.4, -0.2) is 28.0 Å². The van der Waals surface area contributed by atoms with E-state index in [2.05, 4.69) is 26.8 Å². The molecule has 1 aromatic carbocycles. The van der Waals surface area contributed by atoms with Crippen molar-refractivity contribution in [1.29, 1.82) is 5.26 Å². The molecule has 7 nitrogen and oxygen atoms in total. The number of amides is 1. The molecule has 4 aromatic rings. The number of ether oxygens (including phenoxy) is 1. The van der Waals surface area contributed by atoms with E-state index in [1.165, 1.54) is 19.2 Å². The van der Waals surface area contributed by atoms with Gasteiger partial charge in [-0.2, -0.15) is 5.26 Å². The molecular formula is C23H16FN5O2. The Hall–Kier alpha value is -4.51. The highest BCUT2D eigenvalue weighted by Crippen LogP contribution is 2.35. The highest BCUT2D eigenvalue weighted by Gasteiger charge is 2.16. The Labute approximate surface area is 176 Å². The predicted octanol–water partition coefficient (Wildman–Crippen LogP) is 4.44.